The molecule has 0 unspecified atom stereocenters. The molecule has 0 amide bonds. The normalized spacial score (nSPS) is 11.3. The van der Waals surface area contributed by atoms with E-state index in [9.17, 15) is 27.7 Å². The maximum atomic E-state index is 12.8. The standard InChI is InChI=1S/C9H7F4NO4/c10-6-1-2-7(14(15)16)8(3-6)18-5-17-4-9(11,12)13/h1-3H,4-5H2. The van der Waals surface area contributed by atoms with Crippen molar-refractivity contribution in [3.63, 3.8) is 0 Å². The Kier molecular flexibility index (Phi) is 4.43. The first kappa shape index (κ1) is 14.2. The average Bonchev–Trinajstić information content (AvgIpc) is 2.22. The van der Waals surface area contributed by atoms with E-state index in [2.05, 4.69) is 9.47 Å². The first-order valence-electron chi connectivity index (χ1n) is 4.51. The van der Waals surface area contributed by atoms with E-state index in [-0.39, 0.29) is 0 Å². The predicted octanol–water partition coefficient (Wildman–Crippen LogP) is 2.65. The van der Waals surface area contributed by atoms with Gasteiger partial charge in [0.05, 0.1) is 4.92 Å². The zero-order valence-corrected chi connectivity index (χ0v) is 8.74. The van der Waals surface area contributed by atoms with Gasteiger partial charge in [0.15, 0.2) is 6.79 Å². The van der Waals surface area contributed by atoms with Crippen LogP contribution in [0.3, 0.4) is 0 Å². The van der Waals surface area contributed by atoms with Crippen LogP contribution in [-0.2, 0) is 4.74 Å². The Hall–Kier alpha value is -1.90. The summed E-state index contributed by atoms with van der Waals surface area (Å²) in [7, 11) is 0. The van der Waals surface area contributed by atoms with E-state index in [0.29, 0.717) is 6.07 Å². The molecule has 5 nitrogen and oxygen atoms in total. The van der Waals surface area contributed by atoms with Gasteiger partial charge in [0.1, 0.15) is 12.4 Å². The molecular weight excluding hydrogens is 262 g/mol. The van der Waals surface area contributed by atoms with Crippen LogP contribution in [0, 0.1) is 15.9 Å². The molecule has 0 aliphatic rings. The third-order valence-electron chi connectivity index (χ3n) is 1.68. The molecule has 1 aromatic carbocycles. The molecule has 1 rings (SSSR count). The fourth-order valence-corrected chi connectivity index (χ4v) is 1.02. The van der Waals surface area contributed by atoms with Crippen molar-refractivity contribution in [1.29, 1.82) is 0 Å². The van der Waals surface area contributed by atoms with Crippen LogP contribution >= 0.6 is 0 Å². The van der Waals surface area contributed by atoms with Gasteiger partial charge >= 0.3 is 11.9 Å². The third-order valence-corrected chi connectivity index (χ3v) is 1.68. The summed E-state index contributed by atoms with van der Waals surface area (Å²) < 4.78 is 56.6. The van der Waals surface area contributed by atoms with Crippen LogP contribution in [0.2, 0.25) is 0 Å². The fraction of sp³-hybridized carbons (Fsp3) is 0.333. The Morgan fingerprint density at radius 3 is 2.56 bits per heavy atom. The third kappa shape index (κ3) is 4.53. The van der Waals surface area contributed by atoms with Crippen LogP contribution < -0.4 is 4.74 Å². The molecule has 0 aliphatic carbocycles. The van der Waals surface area contributed by atoms with E-state index in [1.165, 1.54) is 0 Å². The van der Waals surface area contributed by atoms with Crippen LogP contribution in [-0.4, -0.2) is 24.5 Å². The summed E-state index contributed by atoms with van der Waals surface area (Å²) in [6.45, 7) is -2.43. The highest BCUT2D eigenvalue weighted by molar-refractivity contribution is 5.46. The Balaban J connectivity index is 2.61. The van der Waals surface area contributed by atoms with Crippen LogP contribution in [0.5, 0.6) is 5.75 Å². The molecule has 1 aromatic rings. The molecule has 0 aromatic heterocycles. The number of halogens is 4. The molecule has 100 valence electrons. The second-order valence-corrected chi connectivity index (χ2v) is 3.09. The summed E-state index contributed by atoms with van der Waals surface area (Å²) in [5.74, 6) is -1.31. The first-order chi connectivity index (χ1) is 8.29. The average molecular weight is 269 g/mol. The quantitative estimate of drug-likeness (QED) is 0.271. The summed E-state index contributed by atoms with van der Waals surface area (Å²) in [6, 6.07) is 2.37. The number of ether oxygens (including phenoxy) is 2. The lowest BCUT2D eigenvalue weighted by Gasteiger charge is -2.09. The minimum atomic E-state index is -4.53. The van der Waals surface area contributed by atoms with E-state index in [1.807, 2.05) is 0 Å². The molecule has 0 heterocycles. The van der Waals surface area contributed by atoms with Crippen molar-refractivity contribution in [3.8, 4) is 5.75 Å². The topological polar surface area (TPSA) is 61.6 Å². The minimum absolute atomic E-state index is 0.498. The Morgan fingerprint density at radius 1 is 1.33 bits per heavy atom. The van der Waals surface area contributed by atoms with E-state index in [4.69, 9.17) is 0 Å². The summed E-state index contributed by atoms with van der Waals surface area (Å²) in [5, 5.41) is 10.5. The molecule has 0 saturated carbocycles. The van der Waals surface area contributed by atoms with Crippen molar-refractivity contribution in [2.45, 2.75) is 6.18 Å². The van der Waals surface area contributed by atoms with Gasteiger partial charge in [-0.25, -0.2) is 4.39 Å². The number of hydrogen-bond donors (Lipinski definition) is 0. The van der Waals surface area contributed by atoms with Gasteiger partial charge in [0, 0.05) is 12.1 Å². The molecule has 0 N–H and O–H groups in total. The molecule has 0 atom stereocenters. The number of nitrogens with zero attached hydrogens (tertiary/aromatic N) is 1. The van der Waals surface area contributed by atoms with Gasteiger partial charge in [-0.15, -0.1) is 0 Å². The summed E-state index contributed by atoms with van der Waals surface area (Å²) in [6.07, 6.45) is -4.53. The highest BCUT2D eigenvalue weighted by Crippen LogP contribution is 2.27. The van der Waals surface area contributed by atoms with E-state index in [1.54, 1.807) is 0 Å². The van der Waals surface area contributed by atoms with Crippen molar-refractivity contribution >= 4 is 5.69 Å². The predicted molar refractivity (Wildman–Crippen MR) is 50.6 cm³/mol. The Labute approximate surface area is 98.1 Å². The fourth-order valence-electron chi connectivity index (χ4n) is 1.02. The molecular formula is C9H7F4NO4. The molecule has 0 aliphatic heterocycles. The highest BCUT2D eigenvalue weighted by atomic mass is 19.4. The smallest absolute Gasteiger partial charge is 0.411 e. The van der Waals surface area contributed by atoms with E-state index < -0.39 is 41.8 Å². The molecule has 0 fully saturated rings. The van der Waals surface area contributed by atoms with E-state index in [0.717, 1.165) is 12.1 Å². The second-order valence-electron chi connectivity index (χ2n) is 3.09. The van der Waals surface area contributed by atoms with Gasteiger partial charge in [-0.3, -0.25) is 10.1 Å². The summed E-state index contributed by atoms with van der Waals surface area (Å²) in [4.78, 5) is 9.66. The van der Waals surface area contributed by atoms with Crippen LogP contribution in [0.25, 0.3) is 0 Å². The number of benzene rings is 1. The molecule has 9 heteroatoms. The Morgan fingerprint density at radius 2 is 2.00 bits per heavy atom. The minimum Gasteiger partial charge on any atom is -0.460 e. The lowest BCUT2D eigenvalue weighted by molar-refractivity contribution is -0.386. The maximum Gasteiger partial charge on any atom is 0.411 e. The zero-order valence-electron chi connectivity index (χ0n) is 8.74. The SMILES string of the molecule is O=[N+]([O-])c1ccc(F)cc1OCOCC(F)(F)F. The first-order valence-corrected chi connectivity index (χ1v) is 4.51. The number of nitro groups is 1. The molecule has 0 saturated heterocycles. The number of alkyl halides is 3. The zero-order chi connectivity index (χ0) is 13.8. The van der Waals surface area contributed by atoms with Gasteiger partial charge < -0.3 is 9.47 Å². The van der Waals surface area contributed by atoms with Crippen molar-refractivity contribution in [1.82, 2.24) is 0 Å². The number of rotatable bonds is 5. The van der Waals surface area contributed by atoms with Gasteiger partial charge in [0.2, 0.25) is 5.75 Å². The van der Waals surface area contributed by atoms with Gasteiger partial charge in [-0.05, 0) is 6.07 Å². The molecule has 18 heavy (non-hydrogen) atoms. The maximum absolute atomic E-state index is 12.8. The monoisotopic (exact) mass is 269 g/mol. The number of hydrogen-bond acceptors (Lipinski definition) is 4. The summed E-state index contributed by atoms with van der Waals surface area (Å²) in [5.41, 5.74) is -0.563. The van der Waals surface area contributed by atoms with Crippen molar-refractivity contribution in [3.05, 3.63) is 34.1 Å². The van der Waals surface area contributed by atoms with Gasteiger partial charge in [0.25, 0.3) is 0 Å². The van der Waals surface area contributed by atoms with Crippen molar-refractivity contribution in [2.24, 2.45) is 0 Å². The molecule has 0 radical (unpaired) electrons. The lowest BCUT2D eigenvalue weighted by atomic mass is 10.3. The molecule has 0 bridgehead atoms. The van der Waals surface area contributed by atoms with Gasteiger partial charge in [-0.1, -0.05) is 0 Å². The lowest BCUT2D eigenvalue weighted by Crippen LogP contribution is -2.19. The summed E-state index contributed by atoms with van der Waals surface area (Å²) >= 11 is 0. The van der Waals surface area contributed by atoms with Crippen molar-refractivity contribution in [2.75, 3.05) is 13.4 Å². The second kappa shape index (κ2) is 5.63. The van der Waals surface area contributed by atoms with E-state index >= 15 is 0 Å². The Bertz CT molecular complexity index is 435. The van der Waals surface area contributed by atoms with Crippen LogP contribution in [0.15, 0.2) is 18.2 Å². The van der Waals surface area contributed by atoms with Gasteiger partial charge in [-0.2, -0.15) is 13.2 Å². The largest absolute Gasteiger partial charge is 0.460 e. The van der Waals surface area contributed by atoms with Crippen LogP contribution in [0.4, 0.5) is 23.2 Å². The van der Waals surface area contributed by atoms with Crippen molar-refractivity contribution < 1.29 is 32.0 Å². The molecule has 0 spiro atoms. The number of nitro benzene ring substituents is 1. The highest BCUT2D eigenvalue weighted by Gasteiger charge is 2.27. The van der Waals surface area contributed by atoms with Crippen LogP contribution in [0.1, 0.15) is 0 Å².